The predicted octanol–water partition coefficient (Wildman–Crippen LogP) is -0.483. The van der Waals surface area contributed by atoms with Crippen molar-refractivity contribution in [2.45, 2.75) is 12.1 Å². The molecule has 1 aromatic carbocycles. The number of hydrogen-bond donors (Lipinski definition) is 3. The van der Waals surface area contributed by atoms with Gasteiger partial charge >= 0.3 is 0 Å². The van der Waals surface area contributed by atoms with Gasteiger partial charge < -0.3 is 15.9 Å². The molecule has 0 amide bonds. The van der Waals surface area contributed by atoms with Crippen LogP contribution in [0.3, 0.4) is 0 Å². The van der Waals surface area contributed by atoms with Crippen LogP contribution in [-0.4, -0.2) is 33.6 Å². The molecule has 0 bridgehead atoms. The molecule has 0 heterocycles. The van der Waals surface area contributed by atoms with Gasteiger partial charge in [-0.05, 0) is 5.56 Å². The molecule has 0 aromatic heterocycles. The summed E-state index contributed by atoms with van der Waals surface area (Å²) in [5.74, 6) is -0.796. The van der Waals surface area contributed by atoms with Gasteiger partial charge in [0.2, 0.25) is 0 Å². The molecule has 0 saturated heterocycles. The fourth-order valence-electron chi connectivity index (χ4n) is 1.29. The number of ketones is 1. The molecule has 0 radical (unpaired) electrons. The first-order valence-corrected chi connectivity index (χ1v) is 4.79. The molecule has 0 aliphatic rings. The first-order chi connectivity index (χ1) is 7.97. The number of Topliss-reactive ketones (excluding diaryl/α,β-unsaturated/α-hetero) is 1. The minimum absolute atomic E-state index is 0.107. The smallest absolute Gasteiger partial charge is 0.269 e. The lowest BCUT2D eigenvalue weighted by atomic mass is 9.99. The van der Waals surface area contributed by atoms with E-state index in [0.29, 0.717) is 5.56 Å². The van der Waals surface area contributed by atoms with E-state index in [-0.39, 0.29) is 5.69 Å². The number of benzene rings is 1. The van der Waals surface area contributed by atoms with Gasteiger partial charge in [0, 0.05) is 12.1 Å². The van der Waals surface area contributed by atoms with Gasteiger partial charge in [0.15, 0.2) is 5.78 Å². The van der Waals surface area contributed by atoms with E-state index >= 15 is 0 Å². The molecule has 7 nitrogen and oxygen atoms in total. The fourth-order valence-corrected chi connectivity index (χ4v) is 1.29. The Morgan fingerprint density at radius 2 is 1.94 bits per heavy atom. The highest BCUT2D eigenvalue weighted by Crippen LogP contribution is 2.18. The van der Waals surface area contributed by atoms with E-state index in [1.807, 2.05) is 0 Å². The van der Waals surface area contributed by atoms with Gasteiger partial charge in [0.1, 0.15) is 12.7 Å². The second kappa shape index (κ2) is 5.48. The molecule has 0 fully saturated rings. The van der Waals surface area contributed by atoms with Crippen molar-refractivity contribution in [3.05, 3.63) is 39.9 Å². The Hall–Kier alpha value is -1.83. The number of nitro benzene ring substituents is 1. The summed E-state index contributed by atoms with van der Waals surface area (Å²) < 4.78 is 0. The first kappa shape index (κ1) is 13.2. The Kier molecular flexibility index (Phi) is 4.27. The number of hydrogen-bond acceptors (Lipinski definition) is 6. The predicted molar refractivity (Wildman–Crippen MR) is 58.1 cm³/mol. The van der Waals surface area contributed by atoms with Gasteiger partial charge in [-0.25, -0.2) is 0 Å². The zero-order chi connectivity index (χ0) is 13.0. The molecule has 0 aliphatic heterocycles. The maximum atomic E-state index is 11.0. The minimum atomic E-state index is -1.53. The topological polar surface area (TPSA) is 127 Å². The molecule has 0 unspecified atom stereocenters. The number of aliphatic hydroxyl groups is 2. The summed E-state index contributed by atoms with van der Waals surface area (Å²) in [6, 6.07) is 4.15. The second-order valence-electron chi connectivity index (χ2n) is 3.44. The van der Waals surface area contributed by atoms with Crippen molar-refractivity contribution in [3.8, 4) is 0 Å². The van der Waals surface area contributed by atoms with Crippen molar-refractivity contribution in [2.24, 2.45) is 5.73 Å². The number of carbonyl (C=O) groups excluding carboxylic acids is 1. The van der Waals surface area contributed by atoms with E-state index < -0.39 is 29.5 Å². The highest BCUT2D eigenvalue weighted by Gasteiger charge is 2.23. The summed E-state index contributed by atoms with van der Waals surface area (Å²) in [5, 5.41) is 28.4. The summed E-state index contributed by atoms with van der Waals surface area (Å²) in [4.78, 5) is 20.9. The van der Waals surface area contributed by atoms with E-state index in [1.165, 1.54) is 24.3 Å². The summed E-state index contributed by atoms with van der Waals surface area (Å²) in [5.41, 5.74) is 5.86. The molecule has 0 spiro atoms. The van der Waals surface area contributed by atoms with Crippen LogP contribution >= 0.6 is 0 Å². The van der Waals surface area contributed by atoms with Crippen molar-refractivity contribution >= 4 is 11.5 Å². The Morgan fingerprint density at radius 3 is 2.35 bits per heavy atom. The maximum absolute atomic E-state index is 11.0. The second-order valence-corrected chi connectivity index (χ2v) is 3.44. The van der Waals surface area contributed by atoms with Crippen LogP contribution in [0.5, 0.6) is 0 Å². The van der Waals surface area contributed by atoms with Gasteiger partial charge in [-0.15, -0.1) is 0 Å². The molecule has 17 heavy (non-hydrogen) atoms. The fraction of sp³-hybridized carbons (Fsp3) is 0.300. The van der Waals surface area contributed by atoms with Crippen LogP contribution in [0.4, 0.5) is 5.69 Å². The third kappa shape index (κ3) is 3.06. The summed E-state index contributed by atoms with van der Waals surface area (Å²) in [7, 11) is 0. The minimum Gasteiger partial charge on any atom is -0.388 e. The third-order valence-corrected chi connectivity index (χ3v) is 2.31. The molecule has 0 aliphatic carbocycles. The molecular weight excluding hydrogens is 228 g/mol. The number of nitrogens with two attached hydrogens (primary N) is 1. The van der Waals surface area contributed by atoms with Gasteiger partial charge in [-0.2, -0.15) is 0 Å². The van der Waals surface area contributed by atoms with E-state index in [9.17, 15) is 20.0 Å². The lowest BCUT2D eigenvalue weighted by Gasteiger charge is -2.16. The Bertz CT molecular complexity index is 417. The average molecular weight is 240 g/mol. The Balaban J connectivity index is 2.86. The number of nitrogens with zero attached hydrogens (tertiary/aromatic N) is 1. The summed E-state index contributed by atoms with van der Waals surface area (Å²) in [6.07, 6.45) is -1.53. The Morgan fingerprint density at radius 1 is 1.41 bits per heavy atom. The number of non-ortho nitro benzene ring substituents is 1. The van der Waals surface area contributed by atoms with Crippen LogP contribution in [0, 0.1) is 10.1 Å². The van der Waals surface area contributed by atoms with Crippen LogP contribution < -0.4 is 5.73 Å². The zero-order valence-electron chi connectivity index (χ0n) is 8.81. The van der Waals surface area contributed by atoms with Crippen LogP contribution in [0.1, 0.15) is 11.6 Å². The van der Waals surface area contributed by atoms with Crippen molar-refractivity contribution in [2.75, 3.05) is 6.61 Å². The normalized spacial score (nSPS) is 14.1. The van der Waals surface area contributed by atoms with Crippen LogP contribution in [0.15, 0.2) is 24.3 Å². The van der Waals surface area contributed by atoms with Gasteiger partial charge in [0.25, 0.3) is 5.69 Å². The average Bonchev–Trinajstić information content (AvgIpc) is 2.36. The quantitative estimate of drug-likeness (QED) is 0.471. The van der Waals surface area contributed by atoms with E-state index in [0.717, 1.165) is 0 Å². The first-order valence-electron chi connectivity index (χ1n) is 4.79. The number of carbonyl (C=O) groups is 1. The molecular formula is C10H12N2O5. The van der Waals surface area contributed by atoms with Crippen molar-refractivity contribution in [3.63, 3.8) is 0 Å². The molecule has 1 rings (SSSR count). The summed E-state index contributed by atoms with van der Waals surface area (Å²) in [6.45, 7) is -0.804. The SMILES string of the molecule is N[C@H](c1ccc([N+](=O)[O-])cc1)[C@@H](O)C(=O)CO. The molecule has 7 heteroatoms. The number of rotatable bonds is 5. The van der Waals surface area contributed by atoms with E-state index in [2.05, 4.69) is 0 Å². The molecule has 1 aromatic rings. The lowest BCUT2D eigenvalue weighted by molar-refractivity contribution is -0.384. The highest BCUT2D eigenvalue weighted by atomic mass is 16.6. The van der Waals surface area contributed by atoms with Crippen LogP contribution in [-0.2, 0) is 4.79 Å². The van der Waals surface area contributed by atoms with Gasteiger partial charge in [0.05, 0.1) is 11.0 Å². The van der Waals surface area contributed by atoms with Crippen LogP contribution in [0.2, 0.25) is 0 Å². The summed E-state index contributed by atoms with van der Waals surface area (Å²) >= 11 is 0. The maximum Gasteiger partial charge on any atom is 0.269 e. The van der Waals surface area contributed by atoms with Crippen LogP contribution in [0.25, 0.3) is 0 Å². The van der Waals surface area contributed by atoms with Gasteiger partial charge in [-0.1, -0.05) is 12.1 Å². The largest absolute Gasteiger partial charge is 0.388 e. The van der Waals surface area contributed by atoms with Crippen molar-refractivity contribution in [1.82, 2.24) is 0 Å². The van der Waals surface area contributed by atoms with E-state index in [1.54, 1.807) is 0 Å². The Labute approximate surface area is 96.6 Å². The molecule has 0 saturated carbocycles. The van der Waals surface area contributed by atoms with Crippen molar-refractivity contribution in [1.29, 1.82) is 0 Å². The van der Waals surface area contributed by atoms with Gasteiger partial charge in [-0.3, -0.25) is 14.9 Å². The molecule has 2 atom stereocenters. The monoisotopic (exact) mass is 240 g/mol. The molecule has 92 valence electrons. The van der Waals surface area contributed by atoms with Crippen molar-refractivity contribution < 1.29 is 19.9 Å². The standard InChI is InChI=1S/C10H12N2O5/c11-9(10(15)8(14)5-13)6-1-3-7(4-2-6)12(16)17/h1-4,9-10,13,15H,5,11H2/t9-,10+/m1/s1. The number of aliphatic hydroxyl groups excluding tert-OH is 2. The third-order valence-electron chi connectivity index (χ3n) is 2.31. The zero-order valence-corrected chi connectivity index (χ0v) is 8.81. The molecule has 4 N–H and O–H groups in total. The lowest BCUT2D eigenvalue weighted by Crippen LogP contribution is -2.35. The van der Waals surface area contributed by atoms with E-state index in [4.69, 9.17) is 10.8 Å². The highest BCUT2D eigenvalue weighted by molar-refractivity contribution is 5.84. The number of nitro groups is 1.